The molecule has 0 saturated heterocycles. The Bertz CT molecular complexity index is 1060. The van der Waals surface area contributed by atoms with E-state index in [-0.39, 0.29) is 17.0 Å². The van der Waals surface area contributed by atoms with E-state index in [0.717, 1.165) is 0 Å². The summed E-state index contributed by atoms with van der Waals surface area (Å²) in [5.74, 6) is -0.239. The topological polar surface area (TPSA) is 115 Å². The van der Waals surface area contributed by atoms with E-state index in [9.17, 15) is 25.2 Å². The summed E-state index contributed by atoms with van der Waals surface area (Å²) in [5.41, 5.74) is -0.837. The Labute approximate surface area is 161 Å². The van der Waals surface area contributed by atoms with E-state index in [0.29, 0.717) is 16.6 Å². The average molecular weight is 382 g/mol. The Hall–Kier alpha value is -3.00. The van der Waals surface area contributed by atoms with Crippen molar-refractivity contribution < 1.29 is 20.4 Å². The molecule has 4 N–H and O–H groups in total. The van der Waals surface area contributed by atoms with Crippen LogP contribution in [0.5, 0.6) is 5.75 Å². The molecule has 0 fully saturated rings. The number of rotatable bonds is 6. The van der Waals surface area contributed by atoms with Crippen LogP contribution in [0, 0.1) is 0 Å². The number of benzene rings is 2. The van der Waals surface area contributed by atoms with Gasteiger partial charge in [0.05, 0.1) is 25.3 Å². The van der Waals surface area contributed by atoms with Gasteiger partial charge in [0, 0.05) is 16.8 Å². The highest BCUT2D eigenvalue weighted by Crippen LogP contribution is 2.29. The van der Waals surface area contributed by atoms with E-state index in [1.807, 2.05) is 6.07 Å². The quantitative estimate of drug-likeness (QED) is 0.479. The van der Waals surface area contributed by atoms with Gasteiger partial charge < -0.3 is 20.4 Å². The lowest BCUT2D eigenvalue weighted by atomic mass is 10.0. The summed E-state index contributed by atoms with van der Waals surface area (Å²) in [7, 11) is 0. The van der Waals surface area contributed by atoms with Crippen molar-refractivity contribution in [1.82, 2.24) is 4.57 Å². The molecular weight excluding hydrogens is 360 g/mol. The summed E-state index contributed by atoms with van der Waals surface area (Å²) >= 11 is 0. The second-order valence-electron chi connectivity index (χ2n) is 6.61. The number of aliphatic imine (C=N–C) groups is 1. The van der Waals surface area contributed by atoms with Gasteiger partial charge in [0.2, 0.25) is 0 Å². The number of nitrogens with zero attached hydrogens (tertiary/aromatic N) is 2. The summed E-state index contributed by atoms with van der Waals surface area (Å²) in [5, 5.41) is 39.9. The fourth-order valence-electron chi connectivity index (χ4n) is 3.15. The summed E-state index contributed by atoms with van der Waals surface area (Å²) in [4.78, 5) is 17.5. The lowest BCUT2D eigenvalue weighted by Gasteiger charge is -2.24. The van der Waals surface area contributed by atoms with Crippen LogP contribution in [0.25, 0.3) is 16.6 Å². The minimum Gasteiger partial charge on any atom is -0.506 e. The Morgan fingerprint density at radius 3 is 2.14 bits per heavy atom. The van der Waals surface area contributed by atoms with Crippen molar-refractivity contribution in [3.05, 3.63) is 70.5 Å². The minimum absolute atomic E-state index is 0.0534. The fourth-order valence-corrected chi connectivity index (χ4v) is 3.15. The van der Waals surface area contributed by atoms with E-state index in [1.165, 1.54) is 11.5 Å². The molecule has 0 aliphatic heterocycles. The standard InChI is InChI=1S/C21H22N2O5/c1-14(22-21(11-24,12-25)13-26)18-19(27)16-9-5-6-10-17(16)23(20(18)28)15-7-3-2-4-8-15/h2-10,24-27H,11-13H2,1H3. The maximum Gasteiger partial charge on any atom is 0.268 e. The first-order valence-corrected chi connectivity index (χ1v) is 8.79. The smallest absolute Gasteiger partial charge is 0.268 e. The lowest BCUT2D eigenvalue weighted by molar-refractivity contribution is 0.0714. The van der Waals surface area contributed by atoms with Crippen molar-refractivity contribution in [3.8, 4) is 11.4 Å². The van der Waals surface area contributed by atoms with Crippen molar-refractivity contribution in [2.75, 3.05) is 19.8 Å². The van der Waals surface area contributed by atoms with Gasteiger partial charge in [-0.3, -0.25) is 14.4 Å². The van der Waals surface area contributed by atoms with Gasteiger partial charge in [-0.15, -0.1) is 0 Å². The van der Waals surface area contributed by atoms with Crippen LogP contribution in [0.1, 0.15) is 12.5 Å². The van der Waals surface area contributed by atoms with Crippen LogP contribution in [0.2, 0.25) is 0 Å². The zero-order chi connectivity index (χ0) is 20.3. The van der Waals surface area contributed by atoms with Crippen LogP contribution in [-0.2, 0) is 0 Å². The monoisotopic (exact) mass is 382 g/mol. The van der Waals surface area contributed by atoms with Gasteiger partial charge in [-0.05, 0) is 31.2 Å². The van der Waals surface area contributed by atoms with E-state index in [4.69, 9.17) is 0 Å². The molecule has 0 atom stereocenters. The van der Waals surface area contributed by atoms with Crippen LogP contribution in [0.4, 0.5) is 0 Å². The highest BCUT2D eigenvalue weighted by molar-refractivity contribution is 6.05. The van der Waals surface area contributed by atoms with E-state index in [1.54, 1.807) is 48.5 Å². The second-order valence-corrected chi connectivity index (χ2v) is 6.61. The van der Waals surface area contributed by atoms with Crippen molar-refractivity contribution >= 4 is 16.6 Å². The highest BCUT2D eigenvalue weighted by atomic mass is 16.3. The molecule has 7 nitrogen and oxygen atoms in total. The molecule has 1 heterocycles. The van der Waals surface area contributed by atoms with Gasteiger partial charge in [0.1, 0.15) is 16.9 Å². The molecule has 0 aliphatic rings. The largest absolute Gasteiger partial charge is 0.506 e. The molecule has 0 aliphatic carbocycles. The fraction of sp³-hybridized carbons (Fsp3) is 0.238. The first kappa shape index (κ1) is 19.8. The molecule has 0 spiro atoms. The number of hydrogen-bond donors (Lipinski definition) is 4. The number of aliphatic hydroxyl groups excluding tert-OH is 3. The predicted octanol–water partition coefficient (Wildman–Crippen LogP) is 1.22. The number of para-hydroxylation sites is 2. The summed E-state index contributed by atoms with van der Waals surface area (Å²) in [6, 6.07) is 15.9. The van der Waals surface area contributed by atoms with Gasteiger partial charge in [-0.25, -0.2) is 0 Å². The zero-order valence-electron chi connectivity index (χ0n) is 15.4. The van der Waals surface area contributed by atoms with Crippen LogP contribution in [0.3, 0.4) is 0 Å². The van der Waals surface area contributed by atoms with Gasteiger partial charge in [0.25, 0.3) is 5.56 Å². The van der Waals surface area contributed by atoms with Gasteiger partial charge >= 0.3 is 0 Å². The lowest BCUT2D eigenvalue weighted by Crippen LogP contribution is -2.41. The molecule has 3 rings (SSSR count). The molecule has 7 heteroatoms. The number of aromatic hydroxyl groups is 1. The predicted molar refractivity (Wildman–Crippen MR) is 107 cm³/mol. The third-order valence-corrected chi connectivity index (χ3v) is 4.72. The maximum absolute atomic E-state index is 13.3. The number of pyridine rings is 1. The van der Waals surface area contributed by atoms with Gasteiger partial charge in [-0.1, -0.05) is 30.3 Å². The minimum atomic E-state index is -1.55. The van der Waals surface area contributed by atoms with Crippen LogP contribution in [0.15, 0.2) is 64.4 Å². The number of aliphatic hydroxyl groups is 3. The molecule has 2 aromatic carbocycles. The van der Waals surface area contributed by atoms with Crippen molar-refractivity contribution in [1.29, 1.82) is 0 Å². The van der Waals surface area contributed by atoms with E-state index in [2.05, 4.69) is 4.99 Å². The maximum atomic E-state index is 13.3. The molecule has 3 aromatic rings. The summed E-state index contributed by atoms with van der Waals surface area (Å²) < 4.78 is 1.47. The first-order valence-electron chi connectivity index (χ1n) is 8.79. The number of aromatic nitrogens is 1. The zero-order valence-corrected chi connectivity index (χ0v) is 15.4. The molecule has 0 radical (unpaired) electrons. The molecule has 0 saturated carbocycles. The molecule has 146 valence electrons. The van der Waals surface area contributed by atoms with Crippen molar-refractivity contribution in [3.63, 3.8) is 0 Å². The van der Waals surface area contributed by atoms with E-state index < -0.39 is 30.9 Å². The van der Waals surface area contributed by atoms with Crippen LogP contribution < -0.4 is 5.56 Å². The first-order chi connectivity index (χ1) is 13.5. The molecule has 0 unspecified atom stereocenters. The third-order valence-electron chi connectivity index (χ3n) is 4.72. The normalized spacial score (nSPS) is 12.5. The Balaban J connectivity index is 2.38. The van der Waals surface area contributed by atoms with Crippen LogP contribution in [-0.4, -0.2) is 56.1 Å². The van der Waals surface area contributed by atoms with E-state index >= 15 is 0 Å². The van der Waals surface area contributed by atoms with Gasteiger partial charge in [0.15, 0.2) is 0 Å². The molecule has 0 amide bonds. The molecule has 28 heavy (non-hydrogen) atoms. The number of fused-ring (bicyclic) bond motifs is 1. The van der Waals surface area contributed by atoms with Crippen molar-refractivity contribution in [2.45, 2.75) is 12.5 Å². The second kappa shape index (κ2) is 7.93. The van der Waals surface area contributed by atoms with Gasteiger partial charge in [-0.2, -0.15) is 0 Å². The van der Waals surface area contributed by atoms with Crippen molar-refractivity contribution in [2.24, 2.45) is 4.99 Å². The number of hydrogen-bond acceptors (Lipinski definition) is 6. The summed E-state index contributed by atoms with van der Waals surface area (Å²) in [6.45, 7) is -0.341. The molecular formula is C21H22N2O5. The summed E-state index contributed by atoms with van der Waals surface area (Å²) in [6.07, 6.45) is 0. The Morgan fingerprint density at radius 2 is 1.54 bits per heavy atom. The SMILES string of the molecule is CC(=NC(CO)(CO)CO)c1c(O)c2ccccc2n(-c2ccccc2)c1=O. The molecule has 0 bridgehead atoms. The Kier molecular flexibility index (Phi) is 5.60. The average Bonchev–Trinajstić information content (AvgIpc) is 2.73. The van der Waals surface area contributed by atoms with Crippen LogP contribution >= 0.6 is 0 Å². The third kappa shape index (κ3) is 3.31. The highest BCUT2D eigenvalue weighted by Gasteiger charge is 2.29. The molecule has 1 aromatic heterocycles. The Morgan fingerprint density at radius 1 is 0.964 bits per heavy atom.